The average Bonchev–Trinajstić information content (AvgIpc) is 3.91. The fourth-order valence-electron chi connectivity index (χ4n) is 9.53. The third-order valence-electron chi connectivity index (χ3n) is 13.4. The predicted octanol–water partition coefficient (Wildman–Crippen LogP) is 17.0. The molecule has 1 radical (unpaired) electrons. The van der Waals surface area contributed by atoms with Crippen molar-refractivity contribution in [2.75, 3.05) is 0 Å². The molecule has 4 nitrogen and oxygen atoms in total. The van der Waals surface area contributed by atoms with Crippen LogP contribution in [-0.2, 0) is 25.5 Å². The van der Waals surface area contributed by atoms with Gasteiger partial charge in [0.05, 0.1) is 30.5 Å². The first kappa shape index (κ1) is 47.6. The van der Waals surface area contributed by atoms with Gasteiger partial charge in [0.15, 0.2) is 0 Å². The average molecular weight is 1090 g/mol. The molecule has 8 aromatic carbocycles. The summed E-state index contributed by atoms with van der Waals surface area (Å²) < 4.78 is 9.25. The Bertz CT molecular complexity index is 3600. The van der Waals surface area contributed by atoms with Crippen molar-refractivity contribution < 1.29 is 24.5 Å². The number of pyridine rings is 1. The van der Waals surface area contributed by atoms with Crippen molar-refractivity contribution in [3.63, 3.8) is 0 Å². The van der Waals surface area contributed by atoms with Gasteiger partial charge in [-0.2, -0.15) is 0 Å². The van der Waals surface area contributed by atoms with E-state index in [0.29, 0.717) is 0 Å². The maximum atomic E-state index is 6.86. The summed E-state index contributed by atoms with van der Waals surface area (Å²) in [6, 6.07) is 63.1. The van der Waals surface area contributed by atoms with Crippen LogP contribution in [-0.4, -0.2) is 22.6 Å². The van der Waals surface area contributed by atoms with E-state index in [2.05, 4.69) is 217 Å². The van der Waals surface area contributed by atoms with Crippen LogP contribution in [0.1, 0.15) is 77.0 Å². The molecule has 6 heteroatoms. The van der Waals surface area contributed by atoms with Crippen molar-refractivity contribution in [1.82, 2.24) is 14.5 Å². The van der Waals surface area contributed by atoms with E-state index in [1.165, 1.54) is 60.2 Å². The Balaban J connectivity index is 0.000000296. The first-order chi connectivity index (χ1) is 32.6. The number of para-hydroxylation sites is 2. The number of nitrogens with zero attached hydrogens (tertiary/aromatic N) is 3. The minimum atomic E-state index is -1.23. The molecule has 0 amide bonds. The standard InChI is InChI=1S/C49H43N2O.C14H16NSi.Ir/c1-29(2)39-26-34(31-21-23-35(24-22-31)49(5,6)7)27-40(30(3)4)46(39)51-44-18-11-10-17-43(44)50-48(51)38-16-12-15-37-42-25-33-20-19-32-13-8-9-14-36(32)41(33)28-45(42)52-47(37)38;1-16(2,3)13-9-10-14(15-11-13)12-7-5-4-6-8-12;/h8-15,17-30H,1-7H3;4-7,9-11H,1-3H3;/q2*-1;. The van der Waals surface area contributed by atoms with Crippen molar-refractivity contribution >= 4 is 67.8 Å². The maximum Gasteiger partial charge on any atom is 0.121 e. The molecule has 0 saturated carbocycles. The zero-order valence-corrected chi connectivity index (χ0v) is 44.7. The second-order valence-electron chi connectivity index (χ2n) is 20.9. The Hall–Kier alpha value is -6.43. The van der Waals surface area contributed by atoms with Gasteiger partial charge in [0, 0.05) is 37.4 Å². The van der Waals surface area contributed by atoms with Gasteiger partial charge in [-0.05, 0) is 114 Å². The number of hydrogen-bond donors (Lipinski definition) is 0. The Labute approximate surface area is 421 Å². The van der Waals surface area contributed by atoms with Crippen molar-refractivity contribution in [3.05, 3.63) is 193 Å². The van der Waals surface area contributed by atoms with Crippen LogP contribution < -0.4 is 5.19 Å². The molecule has 0 fully saturated rings. The van der Waals surface area contributed by atoms with E-state index < -0.39 is 8.07 Å². The topological polar surface area (TPSA) is 43.9 Å². The molecule has 3 heterocycles. The predicted molar refractivity (Wildman–Crippen MR) is 291 cm³/mol. The van der Waals surface area contributed by atoms with Gasteiger partial charge < -0.3 is 14.0 Å². The Morgan fingerprint density at radius 1 is 0.609 bits per heavy atom. The minimum absolute atomic E-state index is 0. The van der Waals surface area contributed by atoms with Gasteiger partial charge in [-0.25, -0.2) is 0 Å². The molecular formula is C63H59IrN3OSi-2. The summed E-state index contributed by atoms with van der Waals surface area (Å²) in [4.78, 5) is 9.88. The van der Waals surface area contributed by atoms with E-state index in [9.17, 15) is 0 Å². The van der Waals surface area contributed by atoms with E-state index >= 15 is 0 Å². The van der Waals surface area contributed by atoms with Crippen LogP contribution in [0.25, 0.3) is 94.0 Å². The molecule has 11 rings (SSSR count). The molecule has 11 aromatic rings. The molecule has 0 aliphatic rings. The van der Waals surface area contributed by atoms with Crippen LogP contribution >= 0.6 is 0 Å². The third-order valence-corrected chi connectivity index (χ3v) is 15.4. The fraction of sp³-hybridized carbons (Fsp3) is 0.206. The summed E-state index contributed by atoms with van der Waals surface area (Å²) in [5, 5.41) is 8.41. The summed E-state index contributed by atoms with van der Waals surface area (Å²) in [5.74, 6) is 1.37. The van der Waals surface area contributed by atoms with Gasteiger partial charge in [-0.1, -0.05) is 164 Å². The van der Waals surface area contributed by atoms with Crippen LogP contribution in [0.3, 0.4) is 0 Å². The number of hydrogen-bond acceptors (Lipinski definition) is 3. The van der Waals surface area contributed by atoms with E-state index in [1.54, 1.807) is 0 Å². The molecule has 3 aromatic heterocycles. The van der Waals surface area contributed by atoms with Crippen molar-refractivity contribution in [2.24, 2.45) is 0 Å². The minimum Gasteiger partial charge on any atom is -0.501 e. The van der Waals surface area contributed by atoms with Crippen LogP contribution in [0.5, 0.6) is 0 Å². The third kappa shape index (κ3) is 9.14. The van der Waals surface area contributed by atoms with Gasteiger partial charge >= 0.3 is 0 Å². The zero-order valence-electron chi connectivity index (χ0n) is 41.3. The number of aromatic nitrogens is 3. The Kier molecular flexibility index (Phi) is 13.0. The van der Waals surface area contributed by atoms with E-state index in [-0.39, 0.29) is 37.4 Å². The molecule has 0 bridgehead atoms. The molecule has 0 spiro atoms. The Morgan fingerprint density at radius 2 is 1.30 bits per heavy atom. The first-order valence-electron chi connectivity index (χ1n) is 24.0. The summed E-state index contributed by atoms with van der Waals surface area (Å²) >= 11 is 0. The summed E-state index contributed by atoms with van der Waals surface area (Å²) in [6.45, 7) is 23.0. The quantitative estimate of drug-likeness (QED) is 0.0907. The smallest absolute Gasteiger partial charge is 0.121 e. The van der Waals surface area contributed by atoms with Crippen LogP contribution in [0.2, 0.25) is 19.6 Å². The summed E-state index contributed by atoms with van der Waals surface area (Å²) in [7, 11) is -1.23. The number of imidazole rings is 1. The molecule has 0 aliphatic heterocycles. The van der Waals surface area contributed by atoms with Crippen LogP contribution in [0, 0.1) is 12.1 Å². The second kappa shape index (κ2) is 18.8. The zero-order chi connectivity index (χ0) is 47.5. The molecule has 347 valence electrons. The van der Waals surface area contributed by atoms with Crippen molar-refractivity contribution in [2.45, 2.75) is 85.4 Å². The second-order valence-corrected chi connectivity index (χ2v) is 26.0. The SMILES string of the molecule is CC(C)c1cc(-c2ccc(C(C)(C)C)cc2)cc(C(C)C)c1-n1c(-c2[c-]ccc3c2oc2cc4c(ccc5ccccc54)cc23)nc2ccccc21.C[Si](C)(C)c1ccc(-c2[c-]cccc2)nc1.[Ir]. The molecule has 0 saturated heterocycles. The fourth-order valence-corrected chi connectivity index (χ4v) is 10.6. The number of fused-ring (bicyclic) bond motifs is 7. The van der Waals surface area contributed by atoms with Gasteiger partial charge in [-0.15, -0.1) is 54.1 Å². The number of rotatable bonds is 7. The van der Waals surface area contributed by atoms with Crippen molar-refractivity contribution in [3.8, 4) is 39.5 Å². The van der Waals surface area contributed by atoms with E-state index in [0.717, 1.165) is 55.6 Å². The number of benzene rings is 8. The summed E-state index contributed by atoms with van der Waals surface area (Å²) in [6.07, 6.45) is 2.02. The van der Waals surface area contributed by atoms with E-state index in [1.807, 2.05) is 36.5 Å². The largest absolute Gasteiger partial charge is 0.501 e. The van der Waals surface area contributed by atoms with Crippen LogP contribution in [0.15, 0.2) is 168 Å². The normalized spacial score (nSPS) is 12.1. The van der Waals surface area contributed by atoms with Gasteiger partial charge in [-0.3, -0.25) is 4.98 Å². The molecule has 0 N–H and O–H groups in total. The van der Waals surface area contributed by atoms with Gasteiger partial charge in [0.25, 0.3) is 0 Å². The summed E-state index contributed by atoms with van der Waals surface area (Å²) in [5.41, 5.74) is 14.3. The monoisotopic (exact) mass is 1090 g/mol. The van der Waals surface area contributed by atoms with E-state index in [4.69, 9.17) is 9.40 Å². The van der Waals surface area contributed by atoms with Gasteiger partial charge in [0.2, 0.25) is 0 Å². The molecule has 0 aliphatic carbocycles. The first-order valence-corrected chi connectivity index (χ1v) is 27.5. The molecule has 69 heavy (non-hydrogen) atoms. The molecule has 0 atom stereocenters. The van der Waals surface area contributed by atoms with Gasteiger partial charge in [0.1, 0.15) is 5.58 Å². The Morgan fingerprint density at radius 3 is 1.97 bits per heavy atom. The number of furan rings is 1. The molecular weight excluding hydrogens is 1040 g/mol. The maximum absolute atomic E-state index is 6.86. The van der Waals surface area contributed by atoms with Crippen LogP contribution in [0.4, 0.5) is 0 Å². The van der Waals surface area contributed by atoms with Crippen molar-refractivity contribution in [1.29, 1.82) is 0 Å². The molecule has 0 unspecified atom stereocenters.